The van der Waals surface area contributed by atoms with Crippen molar-refractivity contribution in [2.45, 2.75) is 0 Å². The average Bonchev–Trinajstić information content (AvgIpc) is 2.79. The summed E-state index contributed by atoms with van der Waals surface area (Å²) in [6.45, 7) is 0. The van der Waals surface area contributed by atoms with E-state index in [0.29, 0.717) is 22.9 Å². The Morgan fingerprint density at radius 1 is 0.633 bits per heavy atom. The molecule has 30 heavy (non-hydrogen) atoms. The van der Waals surface area contributed by atoms with Gasteiger partial charge in [-0.2, -0.15) is 0 Å². The highest BCUT2D eigenvalue weighted by molar-refractivity contribution is 5.96. The van der Waals surface area contributed by atoms with Gasteiger partial charge in [0.1, 0.15) is 17.2 Å². The van der Waals surface area contributed by atoms with Crippen molar-refractivity contribution in [3.8, 4) is 39.9 Å². The summed E-state index contributed by atoms with van der Waals surface area (Å²) in [4.78, 5) is 0. The van der Waals surface area contributed by atoms with Crippen LogP contribution in [0.4, 0.5) is 5.69 Å². The van der Waals surface area contributed by atoms with Crippen LogP contribution in [0.5, 0.6) is 28.7 Å². The molecule has 0 aliphatic carbocycles. The van der Waals surface area contributed by atoms with Crippen LogP contribution in [0.1, 0.15) is 0 Å². The summed E-state index contributed by atoms with van der Waals surface area (Å²) in [5, 5.41) is 1.99. The lowest BCUT2D eigenvalue weighted by Gasteiger charge is -2.16. The van der Waals surface area contributed by atoms with Crippen LogP contribution in [0.3, 0.4) is 0 Å². The Hall–Kier alpha value is -3.86. The standard InChI is InChI=1S/C25H23NO4/c1-27-20-10-12-22-16(14-20)4-11-21(17-5-13-23(28-2)24(15-17)29-3)25(22)30-19-8-6-18(26)7-9-19/h4-15H,26H2,1-3H3. The van der Waals surface area contributed by atoms with Gasteiger partial charge in [0.15, 0.2) is 11.5 Å². The fraction of sp³-hybridized carbons (Fsp3) is 0.120. The predicted octanol–water partition coefficient (Wildman–Crippen LogP) is 5.91. The van der Waals surface area contributed by atoms with E-state index >= 15 is 0 Å². The van der Waals surface area contributed by atoms with Crippen LogP contribution in [0.25, 0.3) is 21.9 Å². The topological polar surface area (TPSA) is 62.9 Å². The van der Waals surface area contributed by atoms with Gasteiger partial charge in [0.25, 0.3) is 0 Å². The first-order valence-corrected chi connectivity index (χ1v) is 9.49. The molecule has 4 aromatic rings. The molecule has 0 aliphatic heterocycles. The molecule has 4 rings (SSSR count). The molecule has 4 aromatic carbocycles. The minimum atomic E-state index is 0.656. The maximum Gasteiger partial charge on any atom is 0.161 e. The normalized spacial score (nSPS) is 10.6. The number of methoxy groups -OCH3 is 3. The summed E-state index contributed by atoms with van der Waals surface area (Å²) in [5.41, 5.74) is 8.40. The number of ether oxygens (including phenoxy) is 4. The van der Waals surface area contributed by atoms with E-state index in [1.165, 1.54) is 0 Å². The molecule has 0 aliphatic rings. The highest BCUT2D eigenvalue weighted by Crippen LogP contribution is 2.42. The third-order valence-corrected chi connectivity index (χ3v) is 4.97. The van der Waals surface area contributed by atoms with E-state index in [1.54, 1.807) is 21.3 Å². The third-order valence-electron chi connectivity index (χ3n) is 4.97. The summed E-state index contributed by atoms with van der Waals surface area (Å²) >= 11 is 0. The molecule has 0 unspecified atom stereocenters. The predicted molar refractivity (Wildman–Crippen MR) is 120 cm³/mol. The largest absolute Gasteiger partial charge is 0.497 e. The molecule has 0 bridgehead atoms. The fourth-order valence-corrected chi connectivity index (χ4v) is 3.40. The number of benzene rings is 4. The van der Waals surface area contributed by atoms with Crippen LogP contribution >= 0.6 is 0 Å². The maximum atomic E-state index is 6.37. The number of fused-ring (bicyclic) bond motifs is 1. The van der Waals surface area contributed by atoms with Gasteiger partial charge in [0.05, 0.1) is 21.3 Å². The van der Waals surface area contributed by atoms with Crippen LogP contribution in [0.2, 0.25) is 0 Å². The van der Waals surface area contributed by atoms with Crippen LogP contribution in [-0.4, -0.2) is 21.3 Å². The average molecular weight is 401 g/mol. The molecule has 0 amide bonds. The van der Waals surface area contributed by atoms with Gasteiger partial charge >= 0.3 is 0 Å². The second-order valence-electron chi connectivity index (χ2n) is 6.77. The van der Waals surface area contributed by atoms with Crippen molar-refractivity contribution in [2.24, 2.45) is 0 Å². The molecule has 0 aromatic heterocycles. The van der Waals surface area contributed by atoms with Crippen molar-refractivity contribution in [1.29, 1.82) is 0 Å². The van der Waals surface area contributed by atoms with E-state index in [2.05, 4.69) is 6.07 Å². The zero-order valence-corrected chi connectivity index (χ0v) is 17.1. The molecule has 0 saturated carbocycles. The van der Waals surface area contributed by atoms with Gasteiger partial charge in [-0.1, -0.05) is 12.1 Å². The number of anilines is 1. The second kappa shape index (κ2) is 8.25. The van der Waals surface area contributed by atoms with E-state index in [-0.39, 0.29) is 0 Å². The first-order chi connectivity index (χ1) is 14.6. The number of hydrogen-bond donors (Lipinski definition) is 1. The highest BCUT2D eigenvalue weighted by atomic mass is 16.5. The fourth-order valence-electron chi connectivity index (χ4n) is 3.40. The van der Waals surface area contributed by atoms with E-state index < -0.39 is 0 Å². The Morgan fingerprint density at radius 3 is 2.07 bits per heavy atom. The number of nitrogens with two attached hydrogens (primary N) is 1. The van der Waals surface area contributed by atoms with Gasteiger partial charge in [-0.15, -0.1) is 0 Å². The maximum absolute atomic E-state index is 6.37. The molecule has 0 saturated heterocycles. The quantitative estimate of drug-likeness (QED) is 0.407. The lowest BCUT2D eigenvalue weighted by atomic mass is 9.99. The summed E-state index contributed by atoms with van der Waals surface area (Å²) < 4.78 is 22.6. The zero-order valence-electron chi connectivity index (χ0n) is 17.1. The Kier molecular flexibility index (Phi) is 5.35. The van der Waals surface area contributed by atoms with E-state index in [9.17, 15) is 0 Å². The molecule has 0 radical (unpaired) electrons. The number of nitrogen functional groups attached to an aromatic ring is 1. The van der Waals surface area contributed by atoms with Crippen LogP contribution in [-0.2, 0) is 0 Å². The Labute approximate surface area is 175 Å². The van der Waals surface area contributed by atoms with E-state index in [0.717, 1.165) is 33.4 Å². The molecule has 5 heteroatoms. The molecule has 152 valence electrons. The minimum absolute atomic E-state index is 0.656. The first-order valence-electron chi connectivity index (χ1n) is 9.49. The van der Waals surface area contributed by atoms with Crippen molar-refractivity contribution in [2.75, 3.05) is 27.1 Å². The van der Waals surface area contributed by atoms with Crippen molar-refractivity contribution in [1.82, 2.24) is 0 Å². The summed E-state index contributed by atoms with van der Waals surface area (Å²) in [6, 6.07) is 23.2. The summed E-state index contributed by atoms with van der Waals surface area (Å²) in [6.07, 6.45) is 0. The summed E-state index contributed by atoms with van der Waals surface area (Å²) in [5.74, 6) is 3.57. The Balaban J connectivity index is 1.91. The van der Waals surface area contributed by atoms with E-state index in [1.807, 2.05) is 66.7 Å². The van der Waals surface area contributed by atoms with Crippen LogP contribution in [0, 0.1) is 0 Å². The van der Waals surface area contributed by atoms with Gasteiger partial charge in [-0.05, 0) is 71.6 Å². The molecular formula is C25H23NO4. The minimum Gasteiger partial charge on any atom is -0.497 e. The molecule has 0 spiro atoms. The zero-order chi connectivity index (χ0) is 21.1. The lowest BCUT2D eigenvalue weighted by Crippen LogP contribution is -1.94. The van der Waals surface area contributed by atoms with Gasteiger partial charge in [-0.3, -0.25) is 0 Å². The summed E-state index contributed by atoms with van der Waals surface area (Å²) in [7, 11) is 4.90. The molecule has 5 nitrogen and oxygen atoms in total. The van der Waals surface area contributed by atoms with Crippen molar-refractivity contribution in [3.05, 3.63) is 72.8 Å². The lowest BCUT2D eigenvalue weighted by molar-refractivity contribution is 0.355. The number of hydrogen-bond acceptors (Lipinski definition) is 5. The molecular weight excluding hydrogens is 378 g/mol. The molecule has 0 fully saturated rings. The van der Waals surface area contributed by atoms with Gasteiger partial charge in [0.2, 0.25) is 0 Å². The highest BCUT2D eigenvalue weighted by Gasteiger charge is 2.15. The van der Waals surface area contributed by atoms with E-state index in [4.69, 9.17) is 24.7 Å². The van der Waals surface area contributed by atoms with Crippen LogP contribution < -0.4 is 24.7 Å². The monoisotopic (exact) mass is 401 g/mol. The van der Waals surface area contributed by atoms with Gasteiger partial charge < -0.3 is 24.7 Å². The Morgan fingerprint density at radius 2 is 1.37 bits per heavy atom. The van der Waals surface area contributed by atoms with Crippen molar-refractivity contribution >= 4 is 16.5 Å². The smallest absolute Gasteiger partial charge is 0.161 e. The van der Waals surface area contributed by atoms with Crippen LogP contribution in [0.15, 0.2) is 72.8 Å². The molecule has 0 heterocycles. The first kappa shape index (κ1) is 19.5. The molecule has 2 N–H and O–H groups in total. The van der Waals surface area contributed by atoms with Crippen molar-refractivity contribution in [3.63, 3.8) is 0 Å². The number of rotatable bonds is 6. The SMILES string of the molecule is COc1ccc2c(Oc3ccc(N)cc3)c(-c3ccc(OC)c(OC)c3)ccc2c1. The second-order valence-corrected chi connectivity index (χ2v) is 6.77. The third kappa shape index (κ3) is 3.70. The van der Waals surface area contributed by atoms with Crippen molar-refractivity contribution < 1.29 is 18.9 Å². The molecule has 0 atom stereocenters. The Bertz CT molecular complexity index is 1190. The van der Waals surface area contributed by atoms with Gasteiger partial charge in [0, 0.05) is 16.6 Å². The van der Waals surface area contributed by atoms with Gasteiger partial charge in [-0.25, -0.2) is 0 Å².